The summed E-state index contributed by atoms with van der Waals surface area (Å²) >= 11 is 2.97. The Bertz CT molecular complexity index is 1140. The van der Waals surface area contributed by atoms with E-state index >= 15 is 0 Å². The number of hydrogen-bond donors (Lipinski definition) is 1. The standard InChI is InChI=1S/C20H17N3O3S2/c1-12-21-13(11-27-12)10-26-15-7-4-3-6-14(15)19(24)23-20-22-18-16(25-2)8-5-9-17(18)28-20/h3-9,11H,10H2,1-2H3,(H,22,23,24). The van der Waals surface area contributed by atoms with Crippen molar-refractivity contribution in [3.05, 3.63) is 64.1 Å². The summed E-state index contributed by atoms with van der Waals surface area (Å²) in [6, 6.07) is 12.8. The summed E-state index contributed by atoms with van der Waals surface area (Å²) in [6.07, 6.45) is 0. The van der Waals surface area contributed by atoms with Crippen molar-refractivity contribution in [2.45, 2.75) is 13.5 Å². The first-order valence-corrected chi connectivity index (χ1v) is 10.2. The number of methoxy groups -OCH3 is 1. The van der Waals surface area contributed by atoms with Gasteiger partial charge in [-0.15, -0.1) is 11.3 Å². The maximum absolute atomic E-state index is 12.8. The van der Waals surface area contributed by atoms with E-state index < -0.39 is 0 Å². The third-order valence-electron chi connectivity index (χ3n) is 4.00. The molecule has 142 valence electrons. The summed E-state index contributed by atoms with van der Waals surface area (Å²) in [6.45, 7) is 2.26. The molecule has 4 rings (SSSR count). The first kappa shape index (κ1) is 18.4. The van der Waals surface area contributed by atoms with E-state index in [1.807, 2.05) is 36.6 Å². The van der Waals surface area contributed by atoms with Gasteiger partial charge < -0.3 is 9.47 Å². The Morgan fingerprint density at radius 3 is 2.71 bits per heavy atom. The van der Waals surface area contributed by atoms with E-state index in [9.17, 15) is 4.79 Å². The molecule has 1 amide bonds. The summed E-state index contributed by atoms with van der Waals surface area (Å²) in [4.78, 5) is 21.7. The molecule has 0 aliphatic carbocycles. The van der Waals surface area contributed by atoms with E-state index in [1.165, 1.54) is 11.3 Å². The summed E-state index contributed by atoms with van der Waals surface area (Å²) < 4.78 is 12.1. The number of para-hydroxylation sites is 2. The molecule has 0 aliphatic heterocycles. The van der Waals surface area contributed by atoms with Crippen LogP contribution in [0, 0.1) is 6.92 Å². The average molecular weight is 412 g/mol. The zero-order chi connectivity index (χ0) is 19.5. The molecule has 6 nitrogen and oxygen atoms in total. The molecule has 4 aromatic rings. The van der Waals surface area contributed by atoms with Crippen LogP contribution in [-0.4, -0.2) is 23.0 Å². The lowest BCUT2D eigenvalue weighted by Crippen LogP contribution is -2.13. The minimum absolute atomic E-state index is 0.275. The van der Waals surface area contributed by atoms with Crippen molar-refractivity contribution in [2.24, 2.45) is 0 Å². The lowest BCUT2D eigenvalue weighted by Gasteiger charge is -2.10. The van der Waals surface area contributed by atoms with Gasteiger partial charge in [-0.1, -0.05) is 29.5 Å². The van der Waals surface area contributed by atoms with Crippen LogP contribution in [0.5, 0.6) is 11.5 Å². The Kier molecular flexibility index (Phi) is 5.23. The van der Waals surface area contributed by atoms with E-state index in [4.69, 9.17) is 9.47 Å². The van der Waals surface area contributed by atoms with Gasteiger partial charge in [0.05, 0.1) is 28.1 Å². The monoisotopic (exact) mass is 411 g/mol. The van der Waals surface area contributed by atoms with Crippen molar-refractivity contribution in [1.29, 1.82) is 0 Å². The van der Waals surface area contributed by atoms with Gasteiger partial charge in [-0.25, -0.2) is 9.97 Å². The molecule has 0 atom stereocenters. The Morgan fingerprint density at radius 2 is 1.93 bits per heavy atom. The first-order valence-electron chi connectivity index (χ1n) is 8.52. The number of anilines is 1. The van der Waals surface area contributed by atoms with E-state index in [2.05, 4.69) is 15.3 Å². The second-order valence-corrected chi connectivity index (χ2v) is 8.02. The maximum Gasteiger partial charge on any atom is 0.261 e. The molecule has 0 saturated heterocycles. The van der Waals surface area contributed by atoms with E-state index in [-0.39, 0.29) is 5.91 Å². The van der Waals surface area contributed by atoms with E-state index in [1.54, 1.807) is 36.6 Å². The van der Waals surface area contributed by atoms with Crippen molar-refractivity contribution >= 4 is 43.9 Å². The smallest absolute Gasteiger partial charge is 0.261 e. The highest BCUT2D eigenvalue weighted by molar-refractivity contribution is 7.22. The second kappa shape index (κ2) is 7.95. The minimum Gasteiger partial charge on any atom is -0.494 e. The van der Waals surface area contributed by atoms with Crippen LogP contribution in [0.3, 0.4) is 0 Å². The zero-order valence-corrected chi connectivity index (χ0v) is 16.9. The molecule has 28 heavy (non-hydrogen) atoms. The highest BCUT2D eigenvalue weighted by Gasteiger charge is 2.16. The molecular weight excluding hydrogens is 394 g/mol. The molecule has 2 aromatic heterocycles. The largest absolute Gasteiger partial charge is 0.494 e. The number of carbonyl (C=O) groups excluding carboxylic acids is 1. The molecule has 0 spiro atoms. The lowest BCUT2D eigenvalue weighted by atomic mass is 10.2. The average Bonchev–Trinajstić information content (AvgIpc) is 3.31. The number of amides is 1. The van der Waals surface area contributed by atoms with Gasteiger partial charge in [0.25, 0.3) is 5.91 Å². The van der Waals surface area contributed by atoms with Crippen LogP contribution in [-0.2, 0) is 6.61 Å². The van der Waals surface area contributed by atoms with Crippen LogP contribution in [0.25, 0.3) is 10.2 Å². The molecular formula is C20H17N3O3S2. The van der Waals surface area contributed by atoms with Crippen LogP contribution in [0.1, 0.15) is 21.1 Å². The van der Waals surface area contributed by atoms with Crippen LogP contribution in [0.15, 0.2) is 47.8 Å². The number of thiazole rings is 2. The van der Waals surface area contributed by atoms with Gasteiger partial charge in [0.2, 0.25) is 0 Å². The van der Waals surface area contributed by atoms with Crippen molar-refractivity contribution in [2.75, 3.05) is 12.4 Å². The van der Waals surface area contributed by atoms with Crippen LogP contribution < -0.4 is 14.8 Å². The predicted octanol–water partition coefficient (Wildman–Crippen LogP) is 4.90. The third kappa shape index (κ3) is 3.83. The van der Waals surface area contributed by atoms with Crippen molar-refractivity contribution < 1.29 is 14.3 Å². The Labute approximate surface area is 169 Å². The zero-order valence-electron chi connectivity index (χ0n) is 15.3. The fourth-order valence-electron chi connectivity index (χ4n) is 2.71. The van der Waals surface area contributed by atoms with E-state index in [0.29, 0.717) is 28.8 Å². The maximum atomic E-state index is 12.8. The molecule has 8 heteroatoms. The molecule has 2 aromatic carbocycles. The topological polar surface area (TPSA) is 73.3 Å². The van der Waals surface area contributed by atoms with E-state index in [0.717, 1.165) is 20.9 Å². The normalized spacial score (nSPS) is 10.8. The van der Waals surface area contributed by atoms with Gasteiger partial charge in [-0.05, 0) is 31.2 Å². The van der Waals surface area contributed by atoms with Gasteiger partial charge in [0.1, 0.15) is 23.6 Å². The molecule has 0 bridgehead atoms. The fourth-order valence-corrected chi connectivity index (χ4v) is 4.19. The summed E-state index contributed by atoms with van der Waals surface area (Å²) in [5.41, 5.74) is 2.02. The molecule has 0 saturated carbocycles. The first-order chi connectivity index (χ1) is 13.6. The van der Waals surface area contributed by atoms with Crippen LogP contribution in [0.2, 0.25) is 0 Å². The van der Waals surface area contributed by atoms with Crippen molar-refractivity contribution in [3.8, 4) is 11.5 Å². The summed E-state index contributed by atoms with van der Waals surface area (Å²) in [7, 11) is 1.60. The van der Waals surface area contributed by atoms with Crippen LogP contribution in [0.4, 0.5) is 5.13 Å². The number of ether oxygens (including phenoxy) is 2. The van der Waals surface area contributed by atoms with Gasteiger partial charge in [0.15, 0.2) is 5.13 Å². The van der Waals surface area contributed by atoms with Gasteiger partial charge in [-0.2, -0.15) is 0 Å². The molecule has 0 unspecified atom stereocenters. The highest BCUT2D eigenvalue weighted by Crippen LogP contribution is 2.32. The summed E-state index contributed by atoms with van der Waals surface area (Å²) in [5.74, 6) is 0.906. The highest BCUT2D eigenvalue weighted by atomic mass is 32.1. The van der Waals surface area contributed by atoms with Gasteiger partial charge in [-0.3, -0.25) is 10.1 Å². The van der Waals surface area contributed by atoms with Crippen molar-refractivity contribution in [1.82, 2.24) is 9.97 Å². The van der Waals surface area contributed by atoms with Gasteiger partial charge >= 0.3 is 0 Å². The van der Waals surface area contributed by atoms with Gasteiger partial charge in [0, 0.05) is 5.38 Å². The number of aryl methyl sites for hydroxylation is 1. The molecule has 0 fully saturated rings. The number of fused-ring (bicyclic) bond motifs is 1. The molecule has 1 N–H and O–H groups in total. The third-order valence-corrected chi connectivity index (χ3v) is 5.75. The Morgan fingerprint density at radius 1 is 1.11 bits per heavy atom. The number of carbonyl (C=O) groups is 1. The Balaban J connectivity index is 1.53. The lowest BCUT2D eigenvalue weighted by molar-refractivity contribution is 0.102. The molecule has 2 heterocycles. The number of hydrogen-bond acceptors (Lipinski definition) is 7. The van der Waals surface area contributed by atoms with Crippen molar-refractivity contribution in [3.63, 3.8) is 0 Å². The van der Waals surface area contributed by atoms with Crippen LogP contribution >= 0.6 is 22.7 Å². The molecule has 0 aliphatic rings. The minimum atomic E-state index is -0.275. The number of aromatic nitrogens is 2. The fraction of sp³-hybridized carbons (Fsp3) is 0.150. The number of nitrogens with zero attached hydrogens (tertiary/aromatic N) is 2. The Hall–Kier alpha value is -2.97. The number of rotatable bonds is 6. The summed E-state index contributed by atoms with van der Waals surface area (Å²) in [5, 5.41) is 6.30. The SMILES string of the molecule is COc1cccc2sc(NC(=O)c3ccccc3OCc3csc(C)n3)nc12. The predicted molar refractivity (Wildman–Crippen MR) is 112 cm³/mol. The quantitative estimate of drug-likeness (QED) is 0.488. The number of benzene rings is 2. The number of nitrogens with one attached hydrogen (secondary N) is 1. The second-order valence-electron chi connectivity index (χ2n) is 5.92. The molecule has 0 radical (unpaired) electrons.